The number of rotatable bonds is 4. The molecule has 6 rings (SSSR count). The smallest absolute Gasteiger partial charge is 0.301 e. The Morgan fingerprint density at radius 2 is 2.00 bits per heavy atom. The van der Waals surface area contributed by atoms with Crippen molar-refractivity contribution in [3.8, 4) is 11.5 Å². The van der Waals surface area contributed by atoms with Gasteiger partial charge in [-0.15, -0.1) is 0 Å². The standard InChI is InChI=1S/C28H21ClN2O5S/c1-14-10-17-11-16(6-9-21(17)36-14)25(32)23-24(15-4-3-5-19(12-15)35-2)31(27(34)26(23)33)28-30-20-8-7-18(29)13-22(20)37-28/h3-9,11-14,24,32H,10H2,1-2H3/t14-,24-/m1/s1. The van der Waals surface area contributed by atoms with Gasteiger partial charge in [0.25, 0.3) is 5.78 Å². The summed E-state index contributed by atoms with van der Waals surface area (Å²) >= 11 is 7.41. The molecule has 0 bridgehead atoms. The molecule has 3 heterocycles. The molecule has 0 unspecified atom stereocenters. The van der Waals surface area contributed by atoms with Crippen LogP contribution in [0.25, 0.3) is 16.0 Å². The molecule has 37 heavy (non-hydrogen) atoms. The molecule has 2 atom stereocenters. The Bertz CT molecular complexity index is 1630. The predicted molar refractivity (Wildman–Crippen MR) is 143 cm³/mol. The van der Waals surface area contributed by atoms with Crippen LogP contribution in [0.2, 0.25) is 5.02 Å². The number of hydrogen-bond acceptors (Lipinski definition) is 7. The Hall–Kier alpha value is -3.88. The van der Waals surface area contributed by atoms with Gasteiger partial charge in [0.1, 0.15) is 23.4 Å². The lowest BCUT2D eigenvalue weighted by atomic mass is 9.94. The average Bonchev–Trinajstić information content (AvgIpc) is 3.55. The Balaban J connectivity index is 1.54. The molecule has 0 aliphatic carbocycles. The van der Waals surface area contributed by atoms with Gasteiger partial charge in [0.15, 0.2) is 5.13 Å². The highest BCUT2D eigenvalue weighted by atomic mass is 35.5. The predicted octanol–water partition coefficient (Wildman–Crippen LogP) is 5.91. The van der Waals surface area contributed by atoms with Crippen LogP contribution in [-0.4, -0.2) is 35.0 Å². The van der Waals surface area contributed by atoms with Crippen LogP contribution in [0.1, 0.15) is 29.7 Å². The van der Waals surface area contributed by atoms with Crippen molar-refractivity contribution < 1.29 is 24.2 Å². The number of fused-ring (bicyclic) bond motifs is 2. The van der Waals surface area contributed by atoms with Crippen molar-refractivity contribution in [1.29, 1.82) is 0 Å². The fourth-order valence-electron chi connectivity index (χ4n) is 4.87. The highest BCUT2D eigenvalue weighted by Crippen LogP contribution is 2.45. The summed E-state index contributed by atoms with van der Waals surface area (Å²) in [5.41, 5.74) is 2.63. The second-order valence-electron chi connectivity index (χ2n) is 9.01. The van der Waals surface area contributed by atoms with Crippen molar-refractivity contribution >= 4 is 55.7 Å². The maximum atomic E-state index is 13.5. The van der Waals surface area contributed by atoms with Gasteiger partial charge in [-0.3, -0.25) is 14.5 Å². The maximum Gasteiger partial charge on any atom is 0.301 e. The molecule has 7 nitrogen and oxygen atoms in total. The second-order valence-corrected chi connectivity index (χ2v) is 10.5. The third-order valence-electron chi connectivity index (χ3n) is 6.57. The van der Waals surface area contributed by atoms with Crippen molar-refractivity contribution in [3.63, 3.8) is 0 Å². The summed E-state index contributed by atoms with van der Waals surface area (Å²) in [6.45, 7) is 1.97. The normalized spacial score (nSPS) is 20.4. The number of carbonyl (C=O) groups excluding carboxylic acids is 2. The highest BCUT2D eigenvalue weighted by molar-refractivity contribution is 7.22. The number of Topliss-reactive ketones (excluding diaryl/α,β-unsaturated/α-hetero) is 1. The zero-order valence-electron chi connectivity index (χ0n) is 19.9. The van der Waals surface area contributed by atoms with Crippen molar-refractivity contribution in [3.05, 3.63) is 87.9 Å². The van der Waals surface area contributed by atoms with Gasteiger partial charge in [-0.05, 0) is 66.6 Å². The van der Waals surface area contributed by atoms with Crippen molar-refractivity contribution in [2.75, 3.05) is 12.0 Å². The molecule has 1 N–H and O–H groups in total. The van der Waals surface area contributed by atoms with Gasteiger partial charge in [-0.2, -0.15) is 0 Å². The third kappa shape index (κ3) is 3.93. The molecular formula is C28H21ClN2O5S. The van der Waals surface area contributed by atoms with E-state index in [0.717, 1.165) is 16.0 Å². The molecule has 1 saturated heterocycles. The number of aliphatic hydroxyl groups is 1. The highest BCUT2D eigenvalue weighted by Gasteiger charge is 2.48. The van der Waals surface area contributed by atoms with Crippen LogP contribution < -0.4 is 14.4 Å². The molecule has 1 amide bonds. The molecule has 1 fully saturated rings. The lowest BCUT2D eigenvalue weighted by Gasteiger charge is -2.23. The number of halogens is 1. The van der Waals surface area contributed by atoms with E-state index < -0.39 is 17.7 Å². The number of methoxy groups -OCH3 is 1. The zero-order valence-corrected chi connectivity index (χ0v) is 21.5. The van der Waals surface area contributed by atoms with Crippen LogP contribution in [-0.2, 0) is 16.0 Å². The Labute approximate surface area is 221 Å². The van der Waals surface area contributed by atoms with Crippen LogP contribution in [0, 0.1) is 0 Å². The zero-order chi connectivity index (χ0) is 25.8. The SMILES string of the molecule is COc1cccc([C@@H]2C(=C(O)c3ccc4c(c3)C[C@@H](C)O4)C(=O)C(=O)N2c2nc3ccc(Cl)cc3s2)c1. The summed E-state index contributed by atoms with van der Waals surface area (Å²) in [7, 11) is 1.54. The van der Waals surface area contributed by atoms with E-state index >= 15 is 0 Å². The van der Waals surface area contributed by atoms with E-state index in [1.54, 1.807) is 61.7 Å². The lowest BCUT2D eigenvalue weighted by molar-refractivity contribution is -0.132. The first-order valence-electron chi connectivity index (χ1n) is 11.6. The fraction of sp³-hybridized carbons (Fsp3) is 0.179. The monoisotopic (exact) mass is 532 g/mol. The number of benzene rings is 3. The van der Waals surface area contributed by atoms with Gasteiger partial charge in [-0.1, -0.05) is 35.1 Å². The molecule has 4 aromatic rings. The first kappa shape index (κ1) is 23.5. The maximum absolute atomic E-state index is 13.5. The molecule has 0 saturated carbocycles. The van der Waals surface area contributed by atoms with Crippen LogP contribution in [0.5, 0.6) is 11.5 Å². The van der Waals surface area contributed by atoms with E-state index in [1.807, 2.05) is 13.0 Å². The Morgan fingerprint density at radius 3 is 2.81 bits per heavy atom. The van der Waals surface area contributed by atoms with Crippen LogP contribution >= 0.6 is 22.9 Å². The Morgan fingerprint density at radius 1 is 1.16 bits per heavy atom. The van der Waals surface area contributed by atoms with Gasteiger partial charge in [0.05, 0.1) is 28.9 Å². The number of aliphatic hydroxyl groups excluding tert-OH is 1. The van der Waals surface area contributed by atoms with Gasteiger partial charge < -0.3 is 14.6 Å². The summed E-state index contributed by atoms with van der Waals surface area (Å²) in [6, 6.07) is 16.7. The van der Waals surface area contributed by atoms with Crippen LogP contribution in [0.15, 0.2) is 66.2 Å². The molecule has 0 spiro atoms. The molecule has 9 heteroatoms. The molecule has 2 aliphatic heterocycles. The number of anilines is 1. The van der Waals surface area contributed by atoms with E-state index in [0.29, 0.717) is 39.0 Å². The summed E-state index contributed by atoms with van der Waals surface area (Å²) < 4.78 is 12.0. The van der Waals surface area contributed by atoms with E-state index in [2.05, 4.69) is 4.98 Å². The van der Waals surface area contributed by atoms with E-state index in [1.165, 1.54) is 16.2 Å². The van der Waals surface area contributed by atoms with Crippen LogP contribution in [0.4, 0.5) is 5.13 Å². The number of aromatic nitrogens is 1. The van der Waals surface area contributed by atoms with Gasteiger partial charge in [-0.25, -0.2) is 4.98 Å². The largest absolute Gasteiger partial charge is 0.507 e. The fourth-order valence-corrected chi connectivity index (χ4v) is 6.14. The first-order valence-corrected chi connectivity index (χ1v) is 12.8. The first-order chi connectivity index (χ1) is 17.8. The minimum atomic E-state index is -0.908. The van der Waals surface area contributed by atoms with Crippen LogP contribution in [0.3, 0.4) is 0 Å². The van der Waals surface area contributed by atoms with E-state index in [-0.39, 0.29) is 17.4 Å². The Kier molecular flexibility index (Phi) is 5.66. The quantitative estimate of drug-likeness (QED) is 0.200. The second kappa shape index (κ2) is 8.90. The lowest BCUT2D eigenvalue weighted by Crippen LogP contribution is -2.29. The molecule has 186 valence electrons. The minimum absolute atomic E-state index is 0.0116. The molecular weight excluding hydrogens is 512 g/mol. The summed E-state index contributed by atoms with van der Waals surface area (Å²) in [6.07, 6.45) is 0.723. The summed E-state index contributed by atoms with van der Waals surface area (Å²) in [5.74, 6) is -0.490. The topological polar surface area (TPSA) is 89.0 Å². The number of ketones is 1. The summed E-state index contributed by atoms with van der Waals surface area (Å²) in [4.78, 5) is 32.9. The number of carbonyl (C=O) groups is 2. The van der Waals surface area contributed by atoms with Gasteiger partial charge >= 0.3 is 5.91 Å². The number of amides is 1. The van der Waals surface area contributed by atoms with E-state index in [9.17, 15) is 14.7 Å². The summed E-state index contributed by atoms with van der Waals surface area (Å²) in [5, 5.41) is 12.4. The average molecular weight is 533 g/mol. The van der Waals surface area contributed by atoms with Gasteiger partial charge in [0, 0.05) is 17.0 Å². The number of hydrogen-bond donors (Lipinski definition) is 1. The number of nitrogens with zero attached hydrogens (tertiary/aromatic N) is 2. The van der Waals surface area contributed by atoms with E-state index in [4.69, 9.17) is 21.1 Å². The third-order valence-corrected chi connectivity index (χ3v) is 7.82. The molecule has 3 aromatic carbocycles. The molecule has 1 aromatic heterocycles. The van der Waals surface area contributed by atoms with Crippen molar-refractivity contribution in [1.82, 2.24) is 4.98 Å². The number of ether oxygens (including phenoxy) is 2. The molecule has 0 radical (unpaired) electrons. The van der Waals surface area contributed by atoms with Crippen molar-refractivity contribution in [2.45, 2.75) is 25.5 Å². The van der Waals surface area contributed by atoms with Crippen molar-refractivity contribution in [2.24, 2.45) is 0 Å². The molecule has 2 aliphatic rings. The minimum Gasteiger partial charge on any atom is -0.507 e. The number of thiazole rings is 1. The van der Waals surface area contributed by atoms with Gasteiger partial charge in [0.2, 0.25) is 0 Å².